The van der Waals surface area contributed by atoms with Crippen molar-refractivity contribution in [1.29, 1.82) is 0 Å². The van der Waals surface area contributed by atoms with Crippen LogP contribution in [-0.4, -0.2) is 34.0 Å². The molecule has 0 spiro atoms. The van der Waals surface area contributed by atoms with Gasteiger partial charge in [0.25, 0.3) is 0 Å². The van der Waals surface area contributed by atoms with Crippen LogP contribution in [0.15, 0.2) is 18.2 Å². The van der Waals surface area contributed by atoms with E-state index in [1.807, 2.05) is 6.07 Å². The van der Waals surface area contributed by atoms with Crippen molar-refractivity contribution in [1.82, 2.24) is 4.90 Å². The van der Waals surface area contributed by atoms with Crippen molar-refractivity contribution >= 4 is 11.9 Å². The first-order valence-electron chi connectivity index (χ1n) is 6.23. The lowest BCUT2D eigenvalue weighted by atomic mass is 9.93. The van der Waals surface area contributed by atoms with Gasteiger partial charge in [-0.15, -0.1) is 0 Å². The van der Waals surface area contributed by atoms with Crippen molar-refractivity contribution in [2.75, 3.05) is 6.54 Å². The number of carbonyl (C=O) groups is 2. The van der Waals surface area contributed by atoms with Gasteiger partial charge in [0.2, 0.25) is 5.91 Å². The van der Waals surface area contributed by atoms with Gasteiger partial charge in [-0.1, -0.05) is 12.1 Å². The van der Waals surface area contributed by atoms with Gasteiger partial charge in [-0.3, -0.25) is 4.79 Å². The van der Waals surface area contributed by atoms with Gasteiger partial charge in [0.05, 0.1) is 11.1 Å². The van der Waals surface area contributed by atoms with Crippen LogP contribution in [-0.2, 0) is 17.8 Å². The van der Waals surface area contributed by atoms with E-state index >= 15 is 0 Å². The molecule has 0 aromatic heterocycles. The molecule has 1 amide bonds. The van der Waals surface area contributed by atoms with E-state index in [1.165, 1.54) is 0 Å². The summed E-state index contributed by atoms with van der Waals surface area (Å²) >= 11 is 0. The number of carbonyl (C=O) groups excluding carboxylic acids is 1. The van der Waals surface area contributed by atoms with Crippen molar-refractivity contribution in [3.63, 3.8) is 0 Å². The molecule has 102 valence electrons. The Morgan fingerprint density at radius 3 is 2.63 bits per heavy atom. The molecule has 0 unspecified atom stereocenters. The topological polar surface area (TPSA) is 83.6 Å². The van der Waals surface area contributed by atoms with E-state index < -0.39 is 11.5 Å². The Hall–Kier alpha value is -1.88. The number of carboxylic acid groups (broad SMARTS) is 1. The van der Waals surface area contributed by atoms with Crippen LogP contribution >= 0.6 is 0 Å². The number of nitrogens with zero attached hydrogens (tertiary/aromatic N) is 1. The number of amides is 1. The quantitative estimate of drug-likeness (QED) is 0.833. The molecular weight excluding hydrogens is 244 g/mol. The van der Waals surface area contributed by atoms with E-state index in [9.17, 15) is 9.59 Å². The Morgan fingerprint density at radius 2 is 2.05 bits per heavy atom. The second-order valence-electron chi connectivity index (χ2n) is 5.45. The van der Waals surface area contributed by atoms with E-state index in [1.54, 1.807) is 30.9 Å². The molecule has 5 nitrogen and oxygen atoms in total. The third-order valence-electron chi connectivity index (χ3n) is 3.33. The van der Waals surface area contributed by atoms with Crippen molar-refractivity contribution in [2.45, 2.75) is 32.4 Å². The maximum atomic E-state index is 12.1. The van der Waals surface area contributed by atoms with Crippen molar-refractivity contribution < 1.29 is 14.7 Å². The summed E-state index contributed by atoms with van der Waals surface area (Å²) in [4.78, 5) is 25.0. The average Bonchev–Trinajstić information content (AvgIpc) is 2.35. The molecule has 2 rings (SSSR count). The van der Waals surface area contributed by atoms with E-state index in [0.717, 1.165) is 11.1 Å². The summed E-state index contributed by atoms with van der Waals surface area (Å²) in [6.45, 7) is 4.30. The third kappa shape index (κ3) is 2.61. The first-order valence-corrected chi connectivity index (χ1v) is 6.23. The minimum atomic E-state index is -0.921. The van der Waals surface area contributed by atoms with Gasteiger partial charge in [-0.25, -0.2) is 4.79 Å². The van der Waals surface area contributed by atoms with Gasteiger partial charge < -0.3 is 15.7 Å². The van der Waals surface area contributed by atoms with Crippen LogP contribution in [0.25, 0.3) is 0 Å². The molecule has 1 heterocycles. The Balaban J connectivity index is 2.29. The van der Waals surface area contributed by atoms with Crippen LogP contribution in [0.3, 0.4) is 0 Å². The fraction of sp³-hybridized carbons (Fsp3) is 0.429. The molecule has 1 aromatic carbocycles. The van der Waals surface area contributed by atoms with E-state index in [0.29, 0.717) is 25.1 Å². The monoisotopic (exact) mass is 262 g/mol. The minimum Gasteiger partial charge on any atom is -0.478 e. The molecule has 5 heteroatoms. The number of nitrogens with two attached hydrogens (primary N) is 1. The second-order valence-corrected chi connectivity index (χ2v) is 5.45. The van der Waals surface area contributed by atoms with E-state index in [-0.39, 0.29) is 5.91 Å². The van der Waals surface area contributed by atoms with Gasteiger partial charge in [-0.05, 0) is 37.5 Å². The van der Waals surface area contributed by atoms with Crippen molar-refractivity contribution in [3.05, 3.63) is 34.9 Å². The highest BCUT2D eigenvalue weighted by atomic mass is 16.4. The van der Waals surface area contributed by atoms with Crippen LogP contribution in [0.5, 0.6) is 0 Å². The zero-order valence-corrected chi connectivity index (χ0v) is 11.1. The zero-order chi connectivity index (χ0) is 14.2. The summed E-state index contributed by atoms with van der Waals surface area (Å²) in [7, 11) is 0. The molecular formula is C14H18N2O3. The van der Waals surface area contributed by atoms with E-state index in [4.69, 9.17) is 10.8 Å². The Morgan fingerprint density at radius 1 is 1.37 bits per heavy atom. The number of carboxylic acids is 1. The van der Waals surface area contributed by atoms with Crippen LogP contribution in [0, 0.1) is 0 Å². The van der Waals surface area contributed by atoms with Gasteiger partial charge >= 0.3 is 5.97 Å². The second kappa shape index (κ2) is 4.66. The predicted octanol–water partition coefficient (Wildman–Crippen LogP) is 1.01. The summed E-state index contributed by atoms with van der Waals surface area (Å²) in [6.07, 6.45) is 0.555. The summed E-state index contributed by atoms with van der Waals surface area (Å²) in [5.41, 5.74) is 6.97. The first-order chi connectivity index (χ1) is 8.80. The van der Waals surface area contributed by atoms with E-state index in [2.05, 4.69) is 0 Å². The maximum absolute atomic E-state index is 12.1. The Bertz CT molecular complexity index is 532. The fourth-order valence-electron chi connectivity index (χ4n) is 2.39. The molecule has 0 saturated heterocycles. The minimum absolute atomic E-state index is 0.112. The molecule has 0 fully saturated rings. The first kappa shape index (κ1) is 13.5. The average molecular weight is 262 g/mol. The standard InChI is InChI=1S/C14H18N2O3/c1-14(2,15)13(19)16-7-6-10-9(8-16)4-3-5-11(10)12(17)18/h3-5H,6-8,15H2,1-2H3,(H,17,18). The summed E-state index contributed by atoms with van der Waals surface area (Å²) < 4.78 is 0. The molecule has 3 N–H and O–H groups in total. The normalized spacial score (nSPS) is 15.0. The maximum Gasteiger partial charge on any atom is 0.335 e. The number of benzene rings is 1. The number of rotatable bonds is 2. The number of fused-ring (bicyclic) bond motifs is 1. The van der Waals surface area contributed by atoms with Crippen molar-refractivity contribution in [3.8, 4) is 0 Å². The lowest BCUT2D eigenvalue weighted by Crippen LogP contribution is -2.52. The molecule has 0 radical (unpaired) electrons. The Labute approximate surface area is 112 Å². The van der Waals surface area contributed by atoms with Gasteiger partial charge in [0.1, 0.15) is 0 Å². The van der Waals surface area contributed by atoms with Crippen LogP contribution in [0.2, 0.25) is 0 Å². The number of hydrogen-bond acceptors (Lipinski definition) is 3. The summed E-state index contributed by atoms with van der Waals surface area (Å²) in [6, 6.07) is 5.18. The molecule has 0 aliphatic carbocycles. The van der Waals surface area contributed by atoms with Gasteiger partial charge in [0, 0.05) is 13.1 Å². The van der Waals surface area contributed by atoms with Crippen LogP contribution in [0.1, 0.15) is 35.3 Å². The SMILES string of the molecule is CC(C)(N)C(=O)N1CCc2c(cccc2C(=O)O)C1. The molecule has 1 aliphatic heterocycles. The number of aromatic carboxylic acids is 1. The zero-order valence-electron chi connectivity index (χ0n) is 11.1. The highest BCUT2D eigenvalue weighted by Gasteiger charge is 2.31. The third-order valence-corrected chi connectivity index (χ3v) is 3.33. The number of hydrogen-bond donors (Lipinski definition) is 2. The largest absolute Gasteiger partial charge is 0.478 e. The lowest BCUT2D eigenvalue weighted by Gasteiger charge is -2.33. The Kier molecular flexibility index (Phi) is 3.32. The molecule has 0 bridgehead atoms. The highest BCUT2D eigenvalue weighted by molar-refractivity contribution is 5.90. The molecule has 0 saturated carbocycles. The summed E-state index contributed by atoms with van der Waals surface area (Å²) in [5, 5.41) is 9.14. The fourth-order valence-corrected chi connectivity index (χ4v) is 2.39. The van der Waals surface area contributed by atoms with Gasteiger partial charge in [0.15, 0.2) is 0 Å². The lowest BCUT2D eigenvalue weighted by molar-refractivity contribution is -0.136. The molecule has 1 aliphatic rings. The van der Waals surface area contributed by atoms with Crippen LogP contribution < -0.4 is 5.73 Å². The molecule has 19 heavy (non-hydrogen) atoms. The predicted molar refractivity (Wildman–Crippen MR) is 70.8 cm³/mol. The highest BCUT2D eigenvalue weighted by Crippen LogP contribution is 2.24. The van der Waals surface area contributed by atoms with Gasteiger partial charge in [-0.2, -0.15) is 0 Å². The molecule has 0 atom stereocenters. The summed E-state index contributed by atoms with van der Waals surface area (Å²) in [5.74, 6) is -1.03. The van der Waals surface area contributed by atoms with Crippen LogP contribution in [0.4, 0.5) is 0 Å². The smallest absolute Gasteiger partial charge is 0.335 e. The molecule has 1 aromatic rings. The van der Waals surface area contributed by atoms with Crippen molar-refractivity contribution in [2.24, 2.45) is 5.73 Å².